The van der Waals surface area contributed by atoms with E-state index >= 15 is 0 Å². The number of anilines is 2. The number of halogens is 1. The Balaban J connectivity index is 2.32. The first kappa shape index (κ1) is 17.8. The summed E-state index contributed by atoms with van der Waals surface area (Å²) in [6.07, 6.45) is 0. The Morgan fingerprint density at radius 3 is 2.38 bits per heavy atom. The molecule has 0 fully saturated rings. The van der Waals surface area contributed by atoms with Gasteiger partial charge in [0.15, 0.2) is 0 Å². The van der Waals surface area contributed by atoms with Crippen LogP contribution in [0, 0.1) is 0 Å². The summed E-state index contributed by atoms with van der Waals surface area (Å²) in [7, 11) is 3.04. The lowest BCUT2D eigenvalue weighted by atomic mass is 10.2. The van der Waals surface area contributed by atoms with Crippen molar-refractivity contribution in [1.82, 2.24) is 0 Å². The molecule has 0 saturated heterocycles. The van der Waals surface area contributed by atoms with Gasteiger partial charge in [0.05, 0.1) is 25.5 Å². The van der Waals surface area contributed by atoms with Crippen molar-refractivity contribution in [3.05, 3.63) is 46.4 Å². The van der Waals surface area contributed by atoms with Crippen molar-refractivity contribution in [3.8, 4) is 11.5 Å². The van der Waals surface area contributed by atoms with Crippen LogP contribution in [-0.2, 0) is 4.79 Å². The molecule has 126 valence electrons. The smallest absolute Gasteiger partial charge is 0.257 e. The van der Waals surface area contributed by atoms with Gasteiger partial charge in [0, 0.05) is 17.1 Å². The minimum absolute atomic E-state index is 0.201. The Morgan fingerprint density at radius 1 is 1.00 bits per heavy atom. The lowest BCUT2D eigenvalue weighted by molar-refractivity contribution is -0.114. The van der Waals surface area contributed by atoms with Crippen molar-refractivity contribution in [1.29, 1.82) is 0 Å². The summed E-state index contributed by atoms with van der Waals surface area (Å²) in [5.41, 5.74) is 1.42. The van der Waals surface area contributed by atoms with Crippen molar-refractivity contribution < 1.29 is 19.1 Å². The fourth-order valence-electron chi connectivity index (χ4n) is 2.08. The number of carbonyl (C=O) groups excluding carboxylic acids is 2. The maximum atomic E-state index is 12.6. The number of amides is 2. The summed E-state index contributed by atoms with van der Waals surface area (Å²) in [5.74, 6) is 0.519. The first-order chi connectivity index (χ1) is 11.4. The zero-order valence-corrected chi connectivity index (χ0v) is 15.1. The van der Waals surface area contributed by atoms with E-state index in [1.165, 1.54) is 21.1 Å². The van der Waals surface area contributed by atoms with Crippen LogP contribution in [0.15, 0.2) is 40.9 Å². The third-order valence-electron chi connectivity index (χ3n) is 3.19. The zero-order valence-electron chi connectivity index (χ0n) is 13.5. The second kappa shape index (κ2) is 7.83. The number of rotatable bonds is 5. The fourth-order valence-corrected chi connectivity index (χ4v) is 2.51. The second-order valence-corrected chi connectivity index (χ2v) is 5.75. The highest BCUT2D eigenvalue weighted by molar-refractivity contribution is 9.10. The summed E-state index contributed by atoms with van der Waals surface area (Å²) in [6.45, 7) is 1.41. The van der Waals surface area contributed by atoms with E-state index in [0.29, 0.717) is 32.9 Å². The Hall–Kier alpha value is -2.54. The molecule has 24 heavy (non-hydrogen) atoms. The van der Waals surface area contributed by atoms with E-state index < -0.39 is 0 Å². The molecule has 0 aromatic heterocycles. The highest BCUT2D eigenvalue weighted by Crippen LogP contribution is 2.30. The molecule has 0 spiro atoms. The summed E-state index contributed by atoms with van der Waals surface area (Å²) in [4.78, 5) is 23.8. The van der Waals surface area contributed by atoms with Crippen LogP contribution in [0.25, 0.3) is 0 Å². The van der Waals surface area contributed by atoms with E-state index in [1.807, 2.05) is 0 Å². The van der Waals surface area contributed by atoms with Crippen molar-refractivity contribution >= 4 is 39.1 Å². The van der Waals surface area contributed by atoms with E-state index in [9.17, 15) is 9.59 Å². The standard InChI is InChI=1S/C17H17BrN2O4/c1-10(21)19-11-4-7-16(24-3)15(8-11)20-17(22)13-9-12(23-2)5-6-14(13)18/h4-9H,1-3H3,(H,19,21)(H,20,22). The molecule has 0 aliphatic carbocycles. The average Bonchev–Trinajstić information content (AvgIpc) is 2.55. The third kappa shape index (κ3) is 4.26. The van der Waals surface area contributed by atoms with Gasteiger partial charge in [0.2, 0.25) is 5.91 Å². The molecule has 2 aromatic carbocycles. The first-order valence-corrected chi connectivity index (χ1v) is 7.84. The maximum absolute atomic E-state index is 12.6. The summed E-state index contributed by atoms with van der Waals surface area (Å²) >= 11 is 3.35. The molecule has 0 unspecified atom stereocenters. The van der Waals surface area contributed by atoms with Gasteiger partial charge >= 0.3 is 0 Å². The normalized spacial score (nSPS) is 10.0. The Morgan fingerprint density at radius 2 is 1.75 bits per heavy atom. The lowest BCUT2D eigenvalue weighted by Gasteiger charge is -2.13. The molecule has 0 aliphatic rings. The van der Waals surface area contributed by atoms with Crippen LogP contribution >= 0.6 is 15.9 Å². The van der Waals surface area contributed by atoms with Gasteiger partial charge in [-0.05, 0) is 52.3 Å². The Kier molecular flexibility index (Phi) is 5.81. The highest BCUT2D eigenvalue weighted by Gasteiger charge is 2.14. The van der Waals surface area contributed by atoms with Crippen molar-refractivity contribution in [2.45, 2.75) is 6.92 Å². The number of ether oxygens (including phenoxy) is 2. The van der Waals surface area contributed by atoms with Gasteiger partial charge in [-0.25, -0.2) is 0 Å². The van der Waals surface area contributed by atoms with E-state index in [4.69, 9.17) is 9.47 Å². The van der Waals surface area contributed by atoms with Gasteiger partial charge in [0.1, 0.15) is 11.5 Å². The molecule has 7 heteroatoms. The quantitative estimate of drug-likeness (QED) is 0.813. The van der Waals surface area contributed by atoms with E-state index in [-0.39, 0.29) is 11.8 Å². The first-order valence-electron chi connectivity index (χ1n) is 7.05. The van der Waals surface area contributed by atoms with Crippen LogP contribution in [0.3, 0.4) is 0 Å². The predicted octanol–water partition coefficient (Wildman–Crippen LogP) is 3.68. The molecule has 0 atom stereocenters. The number of methoxy groups -OCH3 is 2. The minimum atomic E-state index is -0.334. The molecular formula is C17H17BrN2O4. The Bertz CT molecular complexity index is 777. The topological polar surface area (TPSA) is 76.7 Å². The van der Waals surface area contributed by atoms with Crippen LogP contribution in [0.2, 0.25) is 0 Å². The predicted molar refractivity (Wildman–Crippen MR) is 95.9 cm³/mol. The molecule has 0 heterocycles. The molecule has 2 amide bonds. The lowest BCUT2D eigenvalue weighted by Crippen LogP contribution is -2.14. The van der Waals surface area contributed by atoms with Crippen molar-refractivity contribution in [3.63, 3.8) is 0 Å². The number of nitrogens with one attached hydrogen (secondary N) is 2. The summed E-state index contributed by atoms with van der Waals surface area (Å²) in [5, 5.41) is 5.45. The van der Waals surface area contributed by atoms with E-state index in [0.717, 1.165) is 0 Å². The van der Waals surface area contributed by atoms with E-state index in [2.05, 4.69) is 26.6 Å². The SMILES string of the molecule is COc1ccc(Br)c(C(=O)Nc2cc(NC(C)=O)ccc2OC)c1. The summed E-state index contributed by atoms with van der Waals surface area (Å²) < 4.78 is 11.0. The van der Waals surface area contributed by atoms with Gasteiger partial charge < -0.3 is 20.1 Å². The number of carbonyl (C=O) groups is 2. The van der Waals surface area contributed by atoms with Gasteiger partial charge in [-0.3, -0.25) is 9.59 Å². The number of hydrogen-bond donors (Lipinski definition) is 2. The maximum Gasteiger partial charge on any atom is 0.257 e. The number of hydrogen-bond acceptors (Lipinski definition) is 4. The molecule has 0 saturated carbocycles. The zero-order chi connectivity index (χ0) is 17.7. The van der Waals surface area contributed by atoms with Gasteiger partial charge in [-0.1, -0.05) is 0 Å². The molecule has 0 aliphatic heterocycles. The van der Waals surface area contributed by atoms with Gasteiger partial charge in [-0.2, -0.15) is 0 Å². The van der Waals surface area contributed by atoms with E-state index in [1.54, 1.807) is 36.4 Å². The molecular weight excluding hydrogens is 376 g/mol. The Labute approximate surface area is 148 Å². The third-order valence-corrected chi connectivity index (χ3v) is 3.88. The molecule has 2 N–H and O–H groups in total. The largest absolute Gasteiger partial charge is 0.497 e. The average molecular weight is 393 g/mol. The highest BCUT2D eigenvalue weighted by atomic mass is 79.9. The molecule has 0 bridgehead atoms. The van der Waals surface area contributed by atoms with Crippen LogP contribution in [-0.4, -0.2) is 26.0 Å². The van der Waals surface area contributed by atoms with Gasteiger partial charge in [-0.15, -0.1) is 0 Å². The van der Waals surface area contributed by atoms with Crippen LogP contribution < -0.4 is 20.1 Å². The van der Waals surface area contributed by atoms with Crippen molar-refractivity contribution in [2.75, 3.05) is 24.9 Å². The molecule has 0 radical (unpaired) electrons. The second-order valence-electron chi connectivity index (χ2n) is 4.90. The van der Waals surface area contributed by atoms with Crippen LogP contribution in [0.1, 0.15) is 17.3 Å². The molecule has 2 rings (SSSR count). The fraction of sp³-hybridized carbons (Fsp3) is 0.176. The molecule has 2 aromatic rings. The molecule has 6 nitrogen and oxygen atoms in total. The monoisotopic (exact) mass is 392 g/mol. The van der Waals surface area contributed by atoms with Crippen LogP contribution in [0.5, 0.6) is 11.5 Å². The number of benzene rings is 2. The van der Waals surface area contributed by atoms with Gasteiger partial charge in [0.25, 0.3) is 5.91 Å². The van der Waals surface area contributed by atoms with Crippen molar-refractivity contribution in [2.24, 2.45) is 0 Å². The minimum Gasteiger partial charge on any atom is -0.497 e. The summed E-state index contributed by atoms with van der Waals surface area (Å²) in [6, 6.07) is 10.1. The van der Waals surface area contributed by atoms with Crippen LogP contribution in [0.4, 0.5) is 11.4 Å².